The van der Waals surface area contributed by atoms with E-state index in [0.29, 0.717) is 22.8 Å². The summed E-state index contributed by atoms with van der Waals surface area (Å²) in [6.45, 7) is 1.43. The van der Waals surface area contributed by atoms with Crippen LogP contribution in [0.1, 0.15) is 38.7 Å². The number of nitrogens with two attached hydrogens (primary N) is 2. The van der Waals surface area contributed by atoms with Gasteiger partial charge in [-0.3, -0.25) is 24.1 Å². The average molecular weight is 525 g/mol. The minimum Gasteiger partial charge on any atom is -0.465 e. The Morgan fingerprint density at radius 1 is 1.03 bits per heavy atom. The van der Waals surface area contributed by atoms with E-state index in [1.807, 2.05) is 19.0 Å². The number of esters is 1. The first kappa shape index (κ1) is 27.1. The number of hydrogen-bond acceptors (Lipinski definition) is 9. The number of benzene rings is 2. The lowest BCUT2D eigenvalue weighted by Crippen LogP contribution is -2.45. The lowest BCUT2D eigenvalue weighted by molar-refractivity contribution is -0.143. The van der Waals surface area contributed by atoms with Crippen molar-refractivity contribution < 1.29 is 23.9 Å². The molecule has 0 saturated heterocycles. The second-order valence-corrected chi connectivity index (χ2v) is 8.83. The molecule has 1 unspecified atom stereocenters. The molecule has 1 aromatic heterocycles. The van der Waals surface area contributed by atoms with Gasteiger partial charge in [-0.1, -0.05) is 30.3 Å². The molecule has 0 fully saturated rings. The predicted molar refractivity (Wildman–Crippen MR) is 141 cm³/mol. The van der Waals surface area contributed by atoms with E-state index in [1.54, 1.807) is 61.5 Å². The number of nitrogens with zero attached hydrogens (tertiary/aromatic N) is 3. The van der Waals surface area contributed by atoms with Crippen LogP contribution in [0.15, 0.2) is 54.6 Å². The Labute approximate surface area is 218 Å². The maximum absolute atomic E-state index is 13.9. The fraction of sp³-hybridized carbons (Fsp3) is 0.240. The number of hydrogen-bond donors (Lipinski definition) is 3. The molecule has 3 aromatic rings. The van der Waals surface area contributed by atoms with Crippen LogP contribution in [-0.2, 0) is 14.3 Å². The molecule has 2 aromatic carbocycles. The summed E-state index contributed by atoms with van der Waals surface area (Å²) in [5.74, 6) is -2.78. The molecule has 0 saturated carbocycles. The van der Waals surface area contributed by atoms with Crippen molar-refractivity contribution in [3.63, 3.8) is 0 Å². The Kier molecular flexibility index (Phi) is 8.80. The first-order valence-corrected chi connectivity index (χ1v) is 12.1. The predicted octanol–water partition coefficient (Wildman–Crippen LogP) is 1.96. The first-order valence-electron chi connectivity index (χ1n) is 11.3. The van der Waals surface area contributed by atoms with Crippen molar-refractivity contribution in [2.45, 2.75) is 13.0 Å². The van der Waals surface area contributed by atoms with Gasteiger partial charge in [0.15, 0.2) is 5.69 Å². The minimum absolute atomic E-state index is 0.0502. The van der Waals surface area contributed by atoms with E-state index >= 15 is 0 Å². The molecule has 0 aliphatic rings. The fourth-order valence-corrected chi connectivity index (χ4v) is 4.29. The highest BCUT2D eigenvalue weighted by molar-refractivity contribution is 7.09. The monoisotopic (exact) mass is 524 g/mol. The van der Waals surface area contributed by atoms with E-state index in [-0.39, 0.29) is 29.4 Å². The Hall–Kier alpha value is -4.45. The lowest BCUT2D eigenvalue weighted by atomic mass is 10.0. The van der Waals surface area contributed by atoms with Crippen molar-refractivity contribution in [2.24, 2.45) is 5.73 Å². The van der Waals surface area contributed by atoms with Crippen LogP contribution >= 0.6 is 11.5 Å². The summed E-state index contributed by atoms with van der Waals surface area (Å²) >= 11 is 0.712. The van der Waals surface area contributed by atoms with E-state index in [4.69, 9.17) is 16.2 Å². The standard InChI is InChI=1S/C25H28N6O5S/c1-4-36-18(32)14-28-24(34)21(15-10-12-16(13-11-15)30(2)3)31(17-8-6-5-7-9-17)25(35)22-19(26)20(23(27)33)29-37-22/h5-13,21H,4,14,26H2,1-3H3,(H2,27,33)(H,28,34). The molecule has 1 atom stereocenters. The molecule has 5 N–H and O–H groups in total. The van der Waals surface area contributed by atoms with Crippen molar-refractivity contribution in [3.05, 3.63) is 70.7 Å². The van der Waals surface area contributed by atoms with Gasteiger partial charge in [-0.2, -0.15) is 4.37 Å². The van der Waals surface area contributed by atoms with Gasteiger partial charge in [0.1, 0.15) is 17.5 Å². The molecule has 11 nitrogen and oxygen atoms in total. The topological polar surface area (TPSA) is 161 Å². The summed E-state index contributed by atoms with van der Waals surface area (Å²) in [5.41, 5.74) is 12.7. The molecule has 37 heavy (non-hydrogen) atoms. The highest BCUT2D eigenvalue weighted by Gasteiger charge is 2.36. The smallest absolute Gasteiger partial charge is 0.325 e. The second kappa shape index (κ2) is 12.0. The molecule has 194 valence electrons. The van der Waals surface area contributed by atoms with Crippen LogP contribution in [-0.4, -0.2) is 55.3 Å². The molecule has 3 amide bonds. The number of ether oxygens (including phenoxy) is 1. The van der Waals surface area contributed by atoms with Gasteiger partial charge >= 0.3 is 5.97 Å². The molecule has 3 rings (SSSR count). The summed E-state index contributed by atoms with van der Waals surface area (Å²) in [4.78, 5) is 54.2. The Morgan fingerprint density at radius 3 is 2.22 bits per heavy atom. The molecule has 0 aliphatic carbocycles. The summed E-state index contributed by atoms with van der Waals surface area (Å²) in [6, 6.07) is 14.3. The van der Waals surface area contributed by atoms with Crippen LogP contribution < -0.4 is 26.6 Å². The van der Waals surface area contributed by atoms with E-state index in [9.17, 15) is 19.2 Å². The van der Waals surface area contributed by atoms with Gasteiger partial charge in [0.05, 0.1) is 12.3 Å². The summed E-state index contributed by atoms with van der Waals surface area (Å²) in [5, 5.41) is 2.56. The number of amides is 3. The minimum atomic E-state index is -1.21. The SMILES string of the molecule is CCOC(=O)CNC(=O)C(c1ccc(N(C)C)cc1)N(C(=O)c1snc(C(N)=O)c1N)c1ccccc1. The zero-order valence-corrected chi connectivity index (χ0v) is 21.5. The Morgan fingerprint density at radius 2 is 1.68 bits per heavy atom. The fourth-order valence-electron chi connectivity index (χ4n) is 3.55. The largest absolute Gasteiger partial charge is 0.465 e. The number of anilines is 3. The van der Waals surface area contributed by atoms with Crippen molar-refractivity contribution in [1.82, 2.24) is 9.69 Å². The second-order valence-electron chi connectivity index (χ2n) is 8.06. The number of rotatable bonds is 10. The Bertz CT molecular complexity index is 1280. The summed E-state index contributed by atoms with van der Waals surface area (Å²) < 4.78 is 8.84. The summed E-state index contributed by atoms with van der Waals surface area (Å²) in [6.07, 6.45) is 0. The highest BCUT2D eigenvalue weighted by Crippen LogP contribution is 2.33. The third kappa shape index (κ3) is 6.22. The van der Waals surface area contributed by atoms with Gasteiger partial charge in [0.2, 0.25) is 5.91 Å². The number of carbonyl (C=O) groups is 4. The van der Waals surface area contributed by atoms with Crippen LogP contribution in [0, 0.1) is 0 Å². The van der Waals surface area contributed by atoms with E-state index in [1.165, 1.54) is 4.90 Å². The zero-order chi connectivity index (χ0) is 27.1. The number of para-hydroxylation sites is 1. The van der Waals surface area contributed by atoms with Gasteiger partial charge in [-0.05, 0) is 48.3 Å². The van der Waals surface area contributed by atoms with Crippen LogP contribution in [0.4, 0.5) is 17.1 Å². The lowest BCUT2D eigenvalue weighted by Gasteiger charge is -2.31. The molecular formula is C25H28N6O5S. The number of nitrogen functional groups attached to an aromatic ring is 1. The van der Waals surface area contributed by atoms with Crippen molar-refractivity contribution in [2.75, 3.05) is 42.8 Å². The van der Waals surface area contributed by atoms with E-state index in [0.717, 1.165) is 5.69 Å². The molecule has 12 heteroatoms. The third-order valence-corrected chi connectivity index (χ3v) is 6.20. The molecule has 0 bridgehead atoms. The van der Waals surface area contributed by atoms with Gasteiger partial charge < -0.3 is 26.4 Å². The van der Waals surface area contributed by atoms with Gasteiger partial charge in [0, 0.05) is 25.5 Å². The number of nitrogens with one attached hydrogen (secondary N) is 1. The van der Waals surface area contributed by atoms with Crippen LogP contribution in [0.5, 0.6) is 0 Å². The summed E-state index contributed by atoms with van der Waals surface area (Å²) in [7, 11) is 3.75. The first-order chi connectivity index (χ1) is 17.6. The molecular weight excluding hydrogens is 496 g/mol. The molecule has 0 aliphatic heterocycles. The van der Waals surface area contributed by atoms with Crippen molar-refractivity contribution in [1.29, 1.82) is 0 Å². The number of carbonyl (C=O) groups excluding carboxylic acids is 4. The van der Waals surface area contributed by atoms with E-state index < -0.39 is 29.7 Å². The quantitative estimate of drug-likeness (QED) is 0.339. The van der Waals surface area contributed by atoms with Gasteiger partial charge in [-0.25, -0.2) is 0 Å². The van der Waals surface area contributed by atoms with Crippen molar-refractivity contribution in [3.8, 4) is 0 Å². The van der Waals surface area contributed by atoms with Crippen LogP contribution in [0.3, 0.4) is 0 Å². The molecule has 0 spiro atoms. The van der Waals surface area contributed by atoms with E-state index in [2.05, 4.69) is 9.69 Å². The normalized spacial score (nSPS) is 11.3. The Balaban J connectivity index is 2.13. The van der Waals surface area contributed by atoms with Gasteiger partial charge in [0.25, 0.3) is 11.8 Å². The molecule has 1 heterocycles. The zero-order valence-electron chi connectivity index (χ0n) is 20.6. The van der Waals surface area contributed by atoms with Crippen LogP contribution in [0.25, 0.3) is 0 Å². The molecule has 0 radical (unpaired) electrons. The van der Waals surface area contributed by atoms with Crippen LogP contribution in [0.2, 0.25) is 0 Å². The van der Waals surface area contributed by atoms with Crippen molar-refractivity contribution >= 4 is 52.3 Å². The number of aromatic nitrogens is 1. The third-order valence-electron chi connectivity index (χ3n) is 5.35. The maximum atomic E-state index is 13.9. The average Bonchev–Trinajstić information content (AvgIpc) is 3.27. The van der Waals surface area contributed by atoms with Gasteiger partial charge in [-0.15, -0.1) is 0 Å². The maximum Gasteiger partial charge on any atom is 0.325 e. The highest BCUT2D eigenvalue weighted by atomic mass is 32.1. The number of primary amides is 1.